The van der Waals surface area contributed by atoms with E-state index in [9.17, 15) is 18.5 Å². The van der Waals surface area contributed by atoms with Gasteiger partial charge in [-0.1, -0.05) is 23.4 Å². The predicted molar refractivity (Wildman–Crippen MR) is 135 cm³/mol. The van der Waals surface area contributed by atoms with Crippen molar-refractivity contribution in [3.8, 4) is 6.07 Å². The molecular weight excluding hydrogens is 480 g/mol. The molecule has 36 heavy (non-hydrogen) atoms. The van der Waals surface area contributed by atoms with Gasteiger partial charge in [-0.3, -0.25) is 9.52 Å². The fraction of sp³-hybridized carbons (Fsp3) is 0.320. The molecule has 3 aromatic rings. The molecule has 2 aliphatic heterocycles. The average Bonchev–Trinajstić information content (AvgIpc) is 3.50. The van der Waals surface area contributed by atoms with Gasteiger partial charge >= 0.3 is 0 Å². The van der Waals surface area contributed by atoms with Gasteiger partial charge in [0.15, 0.2) is 0 Å². The molecule has 0 radical (unpaired) electrons. The van der Waals surface area contributed by atoms with Crippen LogP contribution in [0.3, 0.4) is 0 Å². The molecule has 10 nitrogen and oxygen atoms in total. The topological polar surface area (TPSA) is 148 Å². The maximum absolute atomic E-state index is 13.0. The van der Waals surface area contributed by atoms with Crippen molar-refractivity contribution in [2.75, 3.05) is 17.8 Å². The zero-order chi connectivity index (χ0) is 25.3. The highest BCUT2D eigenvalue weighted by Crippen LogP contribution is 2.33. The number of fused-ring (bicyclic) bond motifs is 1. The van der Waals surface area contributed by atoms with Gasteiger partial charge in [-0.2, -0.15) is 5.26 Å². The van der Waals surface area contributed by atoms with Gasteiger partial charge in [0.1, 0.15) is 17.4 Å². The number of amides is 1. The Bertz CT molecular complexity index is 1500. The van der Waals surface area contributed by atoms with E-state index in [0.717, 1.165) is 37.1 Å². The molecule has 1 fully saturated rings. The van der Waals surface area contributed by atoms with Gasteiger partial charge in [-0.25, -0.2) is 8.42 Å². The first kappa shape index (κ1) is 23.8. The number of sulfonamides is 1. The minimum atomic E-state index is -3.87. The van der Waals surface area contributed by atoms with Crippen LogP contribution in [0.25, 0.3) is 10.9 Å². The second-order valence-electron chi connectivity index (χ2n) is 9.17. The van der Waals surface area contributed by atoms with Crippen molar-refractivity contribution in [3.63, 3.8) is 0 Å². The highest BCUT2D eigenvalue weighted by Gasteiger charge is 2.42. The molecule has 5 rings (SSSR count). The van der Waals surface area contributed by atoms with Gasteiger partial charge in [-0.05, 0) is 49.3 Å². The van der Waals surface area contributed by atoms with E-state index in [-0.39, 0.29) is 22.9 Å². The first-order chi connectivity index (χ1) is 17.3. The lowest BCUT2D eigenvalue weighted by atomic mass is 9.87. The van der Waals surface area contributed by atoms with Crippen LogP contribution in [0, 0.1) is 18.3 Å². The van der Waals surface area contributed by atoms with Crippen LogP contribution in [0.5, 0.6) is 0 Å². The van der Waals surface area contributed by atoms with Crippen LogP contribution < -0.4 is 15.4 Å². The summed E-state index contributed by atoms with van der Waals surface area (Å²) in [6.45, 7) is 3.78. The summed E-state index contributed by atoms with van der Waals surface area (Å²) >= 11 is 0. The monoisotopic (exact) mass is 506 g/mol. The number of aromatic nitrogens is 1. The van der Waals surface area contributed by atoms with Crippen molar-refractivity contribution in [3.05, 3.63) is 59.3 Å². The molecule has 4 N–H and O–H groups in total. The van der Waals surface area contributed by atoms with Crippen molar-refractivity contribution in [2.45, 2.75) is 43.2 Å². The number of nitrogens with zero attached hydrogens (tertiary/aromatic N) is 2. The van der Waals surface area contributed by atoms with Gasteiger partial charge in [0.2, 0.25) is 0 Å². The number of aryl methyl sites for hydroxylation is 1. The van der Waals surface area contributed by atoms with Gasteiger partial charge in [-0.15, -0.1) is 0 Å². The highest BCUT2D eigenvalue weighted by molar-refractivity contribution is 7.92. The number of H-pyrrole nitrogens is 1. The Kier molecular flexibility index (Phi) is 6.15. The summed E-state index contributed by atoms with van der Waals surface area (Å²) in [5, 5.41) is 20.1. The number of aromatic amines is 1. The highest BCUT2D eigenvalue weighted by atomic mass is 32.2. The maximum atomic E-state index is 13.0. The van der Waals surface area contributed by atoms with Crippen LogP contribution in [-0.2, 0) is 26.2 Å². The standard InChI is InChI=1S/C25H26N6O4S/c1-16-2-7-20(23-22(16)18(13-26)15-28-23)31-36(33,34)19-5-3-17(4-6-19)14-29-24(32)21-12-25(35-30-21)8-10-27-11-9-25/h2-7,15,27-28,31H,8-12,14H2,1H3,(H,29,32). The van der Waals surface area contributed by atoms with Crippen molar-refractivity contribution in [2.24, 2.45) is 5.16 Å². The second kappa shape index (κ2) is 9.29. The Hall–Kier alpha value is -3.88. The number of carbonyl (C=O) groups excluding carboxylic acids is 1. The normalized spacial score (nSPS) is 16.8. The zero-order valence-electron chi connectivity index (χ0n) is 19.7. The predicted octanol–water partition coefficient (Wildman–Crippen LogP) is 2.66. The van der Waals surface area contributed by atoms with E-state index < -0.39 is 10.0 Å². The van der Waals surface area contributed by atoms with Gasteiger partial charge in [0.25, 0.3) is 15.9 Å². The Labute approximate surface area is 208 Å². The van der Waals surface area contributed by atoms with E-state index in [4.69, 9.17) is 4.84 Å². The lowest BCUT2D eigenvalue weighted by Crippen LogP contribution is -2.43. The molecule has 1 amide bonds. The summed E-state index contributed by atoms with van der Waals surface area (Å²) in [7, 11) is -3.87. The number of oxime groups is 1. The summed E-state index contributed by atoms with van der Waals surface area (Å²) in [6.07, 6.45) is 3.68. The molecule has 3 heterocycles. The van der Waals surface area contributed by atoms with Crippen LogP contribution in [-0.4, -0.2) is 43.7 Å². The van der Waals surface area contributed by atoms with Crippen LogP contribution in [0.4, 0.5) is 5.69 Å². The summed E-state index contributed by atoms with van der Waals surface area (Å²) < 4.78 is 28.6. The number of anilines is 1. The zero-order valence-corrected chi connectivity index (χ0v) is 20.5. The van der Waals surface area contributed by atoms with E-state index in [1.165, 1.54) is 12.1 Å². The smallest absolute Gasteiger partial charge is 0.269 e. The van der Waals surface area contributed by atoms with Gasteiger partial charge in [0, 0.05) is 37.4 Å². The third-order valence-corrected chi connectivity index (χ3v) is 8.09. The van der Waals surface area contributed by atoms with Crippen molar-refractivity contribution < 1.29 is 18.0 Å². The number of carbonyl (C=O) groups is 1. The number of nitrogens with one attached hydrogen (secondary N) is 4. The molecule has 1 spiro atoms. The number of nitriles is 1. The van der Waals surface area contributed by atoms with Crippen LogP contribution in [0.2, 0.25) is 0 Å². The molecule has 0 saturated carbocycles. The summed E-state index contributed by atoms with van der Waals surface area (Å²) in [5.41, 5.74) is 3.00. The summed E-state index contributed by atoms with van der Waals surface area (Å²) in [5.74, 6) is -0.283. The van der Waals surface area contributed by atoms with Crippen molar-refractivity contribution in [1.82, 2.24) is 15.6 Å². The molecule has 0 unspecified atom stereocenters. The maximum Gasteiger partial charge on any atom is 0.269 e. The van der Waals surface area contributed by atoms with Crippen LogP contribution >= 0.6 is 0 Å². The summed E-state index contributed by atoms with van der Waals surface area (Å²) in [4.78, 5) is 21.2. The quantitative estimate of drug-likeness (QED) is 0.404. The number of benzene rings is 2. The van der Waals surface area contributed by atoms with E-state index in [1.54, 1.807) is 30.5 Å². The Morgan fingerprint density at radius 1 is 1.19 bits per heavy atom. The fourth-order valence-corrected chi connectivity index (χ4v) is 5.73. The molecule has 0 bridgehead atoms. The molecule has 186 valence electrons. The molecule has 1 saturated heterocycles. The first-order valence-corrected chi connectivity index (χ1v) is 13.2. The van der Waals surface area contributed by atoms with E-state index in [2.05, 4.69) is 31.6 Å². The van der Waals surface area contributed by atoms with E-state index in [0.29, 0.717) is 34.3 Å². The molecule has 0 aliphatic carbocycles. The van der Waals surface area contributed by atoms with Gasteiger partial charge < -0.3 is 20.5 Å². The number of hydrogen-bond donors (Lipinski definition) is 4. The van der Waals surface area contributed by atoms with Crippen molar-refractivity contribution >= 4 is 38.2 Å². The summed E-state index contributed by atoms with van der Waals surface area (Å²) in [6, 6.07) is 11.8. The van der Waals surface area contributed by atoms with Gasteiger partial charge in [0.05, 0.1) is 21.7 Å². The Morgan fingerprint density at radius 2 is 1.94 bits per heavy atom. The van der Waals surface area contributed by atoms with Crippen LogP contribution in [0.1, 0.15) is 36.0 Å². The number of hydrogen-bond acceptors (Lipinski definition) is 7. The molecular formula is C25H26N6O4S. The SMILES string of the molecule is Cc1ccc(NS(=O)(=O)c2ccc(CNC(=O)C3=NOC4(CCNCC4)C3)cc2)c2[nH]cc(C#N)c12. The molecule has 1 aromatic heterocycles. The first-order valence-electron chi connectivity index (χ1n) is 11.7. The Morgan fingerprint density at radius 3 is 2.67 bits per heavy atom. The Balaban J connectivity index is 1.23. The number of piperidine rings is 1. The lowest BCUT2D eigenvalue weighted by molar-refractivity contribution is -0.115. The molecule has 2 aliphatic rings. The average molecular weight is 507 g/mol. The molecule has 2 aromatic carbocycles. The third-order valence-electron chi connectivity index (χ3n) is 6.71. The number of rotatable bonds is 6. The second-order valence-corrected chi connectivity index (χ2v) is 10.8. The van der Waals surface area contributed by atoms with E-state index >= 15 is 0 Å². The fourth-order valence-electron chi connectivity index (χ4n) is 4.66. The molecule has 0 atom stereocenters. The molecule has 11 heteroatoms. The third kappa shape index (κ3) is 4.53. The minimum absolute atomic E-state index is 0.0831. The van der Waals surface area contributed by atoms with Crippen molar-refractivity contribution in [1.29, 1.82) is 5.26 Å². The minimum Gasteiger partial charge on any atom is -0.388 e. The van der Waals surface area contributed by atoms with Crippen LogP contribution in [0.15, 0.2) is 52.6 Å². The van der Waals surface area contributed by atoms with E-state index in [1.807, 2.05) is 6.92 Å². The largest absolute Gasteiger partial charge is 0.388 e. The lowest BCUT2D eigenvalue weighted by Gasteiger charge is -2.30.